The summed E-state index contributed by atoms with van der Waals surface area (Å²) in [4.78, 5) is 1.38. The van der Waals surface area contributed by atoms with Crippen molar-refractivity contribution in [2.75, 3.05) is 5.01 Å². The van der Waals surface area contributed by atoms with E-state index >= 15 is 0 Å². The lowest BCUT2D eigenvalue weighted by Gasteiger charge is -2.22. The number of thiophene rings is 1. The molecule has 12 heteroatoms. The Labute approximate surface area is 290 Å². The van der Waals surface area contributed by atoms with Crippen LogP contribution in [0.2, 0.25) is 0 Å². The summed E-state index contributed by atoms with van der Waals surface area (Å²) in [6.45, 7) is 0. The SMILES string of the molecule is O=S(=O)(/N=c1/scc(-c2ccccc2)n1-c1ccc(F)cc1)c1ccc(N2N=C(c3cccs3)CC2c2cnn(-c3ccccc3)c2)cc1. The zero-order valence-corrected chi connectivity index (χ0v) is 28.2. The number of hydrogen-bond donors (Lipinski definition) is 0. The Morgan fingerprint density at radius 3 is 2.20 bits per heavy atom. The molecule has 4 heterocycles. The summed E-state index contributed by atoms with van der Waals surface area (Å²) < 4.78 is 49.2. The van der Waals surface area contributed by atoms with Crippen molar-refractivity contribution in [3.63, 3.8) is 0 Å². The van der Waals surface area contributed by atoms with Crippen molar-refractivity contribution in [3.05, 3.63) is 166 Å². The molecule has 7 aromatic rings. The first kappa shape index (κ1) is 30.9. The fourth-order valence-electron chi connectivity index (χ4n) is 5.78. The summed E-state index contributed by atoms with van der Waals surface area (Å²) in [5.74, 6) is -0.385. The number of aromatic nitrogens is 3. The molecule has 0 N–H and O–H groups in total. The number of rotatable bonds is 8. The maximum atomic E-state index is 13.8. The van der Waals surface area contributed by atoms with E-state index in [4.69, 9.17) is 5.10 Å². The minimum absolute atomic E-state index is 0.0478. The van der Waals surface area contributed by atoms with Crippen molar-refractivity contribution in [2.45, 2.75) is 17.4 Å². The minimum atomic E-state index is -4.13. The van der Waals surface area contributed by atoms with Crippen LogP contribution in [0, 0.1) is 5.82 Å². The summed E-state index contributed by atoms with van der Waals surface area (Å²) in [6.07, 6.45) is 4.54. The monoisotopic (exact) mass is 702 g/mol. The first-order chi connectivity index (χ1) is 23.9. The van der Waals surface area contributed by atoms with Gasteiger partial charge in [0.05, 0.1) is 44.8 Å². The van der Waals surface area contributed by atoms with E-state index in [0.29, 0.717) is 12.1 Å². The van der Waals surface area contributed by atoms with Crippen molar-refractivity contribution in [1.82, 2.24) is 14.3 Å². The fraction of sp³-hybridized carbons (Fsp3) is 0.0541. The van der Waals surface area contributed by atoms with Gasteiger partial charge in [0.15, 0.2) is 0 Å². The quantitative estimate of drug-likeness (QED) is 0.160. The van der Waals surface area contributed by atoms with Gasteiger partial charge in [-0.25, -0.2) is 9.07 Å². The highest BCUT2D eigenvalue weighted by Crippen LogP contribution is 2.38. The molecule has 1 unspecified atom stereocenters. The summed E-state index contributed by atoms with van der Waals surface area (Å²) in [7, 11) is -4.13. The van der Waals surface area contributed by atoms with E-state index in [0.717, 1.165) is 38.8 Å². The number of hydrogen-bond acceptors (Lipinski definition) is 7. The van der Waals surface area contributed by atoms with Crippen molar-refractivity contribution in [3.8, 4) is 22.6 Å². The molecular weight excluding hydrogens is 676 g/mol. The van der Waals surface area contributed by atoms with E-state index in [9.17, 15) is 12.8 Å². The Balaban J connectivity index is 1.15. The third-order valence-electron chi connectivity index (χ3n) is 8.18. The molecule has 0 spiro atoms. The Morgan fingerprint density at radius 2 is 1.49 bits per heavy atom. The van der Waals surface area contributed by atoms with Crippen LogP contribution in [-0.4, -0.2) is 28.5 Å². The van der Waals surface area contributed by atoms with Crippen molar-refractivity contribution < 1.29 is 12.8 Å². The number of halogens is 1. The normalized spacial score (nSPS) is 15.1. The minimum Gasteiger partial charge on any atom is -0.284 e. The summed E-state index contributed by atoms with van der Waals surface area (Å²) in [6, 6.07) is 36.0. The lowest BCUT2D eigenvalue weighted by atomic mass is 10.0. The topological polar surface area (TPSA) is 84.8 Å². The second-order valence-corrected chi connectivity index (χ2v) is 14.7. The zero-order valence-electron chi connectivity index (χ0n) is 25.7. The standard InChI is InChI=1S/C37H27FN6O2S3/c38-28-13-15-30(16-14-28)43-35(26-8-3-1-4-9-26)25-48-37(43)41-49(45,46)32-19-17-31(18-20-32)44-34(22-33(40-44)36-12-7-21-47-36)27-23-39-42(24-27)29-10-5-2-6-11-29/h1-21,23-25,34H,22H2/b41-37+. The molecule has 4 aromatic carbocycles. The molecule has 49 heavy (non-hydrogen) atoms. The van der Waals surface area contributed by atoms with Crippen LogP contribution in [0.5, 0.6) is 0 Å². The van der Waals surface area contributed by atoms with E-state index in [1.165, 1.54) is 23.5 Å². The van der Waals surface area contributed by atoms with Gasteiger partial charge >= 0.3 is 0 Å². The summed E-state index contributed by atoms with van der Waals surface area (Å²) >= 11 is 2.84. The van der Waals surface area contributed by atoms with Crippen LogP contribution < -0.4 is 9.81 Å². The first-order valence-corrected chi connectivity index (χ1v) is 18.6. The van der Waals surface area contributed by atoms with Gasteiger partial charge in [-0.3, -0.25) is 9.58 Å². The van der Waals surface area contributed by atoms with E-state index in [-0.39, 0.29) is 21.6 Å². The van der Waals surface area contributed by atoms with E-state index in [2.05, 4.69) is 15.6 Å². The Kier molecular flexibility index (Phi) is 8.12. The summed E-state index contributed by atoms with van der Waals surface area (Å²) in [5.41, 5.74) is 5.87. The van der Waals surface area contributed by atoms with Crippen LogP contribution in [0.15, 0.2) is 159 Å². The smallest absolute Gasteiger partial charge is 0.284 e. The molecule has 0 fully saturated rings. The molecule has 0 radical (unpaired) electrons. The van der Waals surface area contributed by atoms with Gasteiger partial charge in [-0.2, -0.15) is 18.6 Å². The molecule has 0 saturated carbocycles. The second-order valence-electron chi connectivity index (χ2n) is 11.3. The van der Waals surface area contributed by atoms with Gasteiger partial charge in [0.1, 0.15) is 5.82 Å². The van der Waals surface area contributed by atoms with E-state index in [1.807, 2.05) is 99.6 Å². The van der Waals surface area contributed by atoms with Crippen LogP contribution in [0.25, 0.3) is 22.6 Å². The molecule has 8 rings (SSSR count). The number of sulfonamides is 1. The Bertz CT molecular complexity index is 2440. The average Bonchev–Trinajstić information content (AvgIpc) is 3.96. The van der Waals surface area contributed by atoms with Crippen LogP contribution in [0.3, 0.4) is 0 Å². The lowest BCUT2D eigenvalue weighted by Crippen LogP contribution is -2.18. The van der Waals surface area contributed by atoms with E-state index in [1.54, 1.807) is 52.3 Å². The van der Waals surface area contributed by atoms with Crippen molar-refractivity contribution >= 4 is 44.1 Å². The number of anilines is 1. The highest BCUT2D eigenvalue weighted by atomic mass is 32.2. The molecule has 0 amide bonds. The van der Waals surface area contributed by atoms with Crippen LogP contribution >= 0.6 is 22.7 Å². The molecule has 242 valence electrons. The lowest BCUT2D eigenvalue weighted by molar-refractivity contribution is 0.596. The number of nitrogens with zero attached hydrogens (tertiary/aromatic N) is 6. The molecule has 1 aliphatic rings. The zero-order chi connectivity index (χ0) is 33.4. The van der Waals surface area contributed by atoms with Gasteiger partial charge < -0.3 is 0 Å². The van der Waals surface area contributed by atoms with Crippen molar-refractivity contribution in [2.24, 2.45) is 9.50 Å². The van der Waals surface area contributed by atoms with Crippen LogP contribution in [0.1, 0.15) is 22.9 Å². The number of benzene rings is 4. The molecular formula is C37H27FN6O2S3. The predicted octanol–water partition coefficient (Wildman–Crippen LogP) is 8.24. The molecule has 0 saturated heterocycles. The number of hydrazone groups is 1. The van der Waals surface area contributed by atoms with Gasteiger partial charge in [0.2, 0.25) is 4.80 Å². The Morgan fingerprint density at radius 1 is 0.776 bits per heavy atom. The molecule has 3 aromatic heterocycles. The Hall–Kier alpha value is -5.43. The third-order valence-corrected chi connectivity index (χ3v) is 11.3. The third kappa shape index (κ3) is 6.17. The van der Waals surface area contributed by atoms with Gasteiger partial charge in [-0.05, 0) is 77.7 Å². The summed E-state index contributed by atoms with van der Waals surface area (Å²) in [5, 5.41) is 15.4. The highest BCUT2D eigenvalue weighted by molar-refractivity contribution is 7.90. The number of thiazole rings is 1. The van der Waals surface area contributed by atoms with Gasteiger partial charge in [0, 0.05) is 29.2 Å². The van der Waals surface area contributed by atoms with Gasteiger partial charge in [-0.1, -0.05) is 54.6 Å². The first-order valence-electron chi connectivity index (χ1n) is 15.4. The average molecular weight is 703 g/mol. The molecule has 1 aliphatic heterocycles. The van der Waals surface area contributed by atoms with Crippen LogP contribution in [-0.2, 0) is 10.0 Å². The van der Waals surface area contributed by atoms with Crippen molar-refractivity contribution in [1.29, 1.82) is 0 Å². The maximum absolute atomic E-state index is 13.8. The molecule has 0 bridgehead atoms. The highest BCUT2D eigenvalue weighted by Gasteiger charge is 2.32. The molecule has 8 nitrogen and oxygen atoms in total. The van der Waals surface area contributed by atoms with Gasteiger partial charge in [0.25, 0.3) is 10.0 Å². The van der Waals surface area contributed by atoms with E-state index < -0.39 is 10.0 Å². The maximum Gasteiger partial charge on any atom is 0.285 e. The molecule has 1 atom stereocenters. The number of para-hydroxylation sites is 1. The molecule has 0 aliphatic carbocycles. The second kappa shape index (κ2) is 12.9. The van der Waals surface area contributed by atoms with Crippen LogP contribution in [0.4, 0.5) is 10.1 Å². The fourth-order valence-corrected chi connectivity index (χ4v) is 8.61. The predicted molar refractivity (Wildman–Crippen MR) is 192 cm³/mol. The van der Waals surface area contributed by atoms with Gasteiger partial charge in [-0.15, -0.1) is 27.1 Å². The largest absolute Gasteiger partial charge is 0.285 e.